The molecule has 0 saturated carbocycles. The minimum atomic E-state index is -0.134. The average molecular weight is 157 g/mol. The zero-order chi connectivity index (χ0) is 8.48. The lowest BCUT2D eigenvalue weighted by Crippen LogP contribution is -2.43. The first-order valence-electron chi connectivity index (χ1n) is 4.49. The molecular weight excluding hydrogens is 138 g/mol. The van der Waals surface area contributed by atoms with E-state index in [9.17, 15) is 5.11 Å². The zero-order valence-corrected chi connectivity index (χ0v) is 7.72. The van der Waals surface area contributed by atoms with Crippen molar-refractivity contribution < 1.29 is 5.11 Å². The number of nitrogens with one attached hydrogen (secondary N) is 1. The van der Waals surface area contributed by atoms with E-state index in [0.717, 1.165) is 19.4 Å². The standard InChI is InChI=1S/C9H19NO/c1-4-9(2,3)8-7(11)5-6-10-8/h7-8,10-11H,4-6H2,1-3H3. The van der Waals surface area contributed by atoms with Gasteiger partial charge in [-0.2, -0.15) is 0 Å². The fourth-order valence-electron chi connectivity index (χ4n) is 1.71. The van der Waals surface area contributed by atoms with Crippen LogP contribution in [0.4, 0.5) is 0 Å². The van der Waals surface area contributed by atoms with Gasteiger partial charge >= 0.3 is 0 Å². The Morgan fingerprint density at radius 2 is 2.18 bits per heavy atom. The van der Waals surface area contributed by atoms with Gasteiger partial charge in [0, 0.05) is 6.04 Å². The molecule has 0 aromatic rings. The predicted molar refractivity (Wildman–Crippen MR) is 46.5 cm³/mol. The lowest BCUT2D eigenvalue weighted by Gasteiger charge is -2.32. The third kappa shape index (κ3) is 1.74. The van der Waals surface area contributed by atoms with E-state index in [1.165, 1.54) is 0 Å². The van der Waals surface area contributed by atoms with Gasteiger partial charge in [0.25, 0.3) is 0 Å². The van der Waals surface area contributed by atoms with Gasteiger partial charge < -0.3 is 10.4 Å². The van der Waals surface area contributed by atoms with Gasteiger partial charge in [0.15, 0.2) is 0 Å². The Balaban J connectivity index is 2.58. The van der Waals surface area contributed by atoms with Crippen molar-refractivity contribution in [1.82, 2.24) is 5.32 Å². The SMILES string of the molecule is CCC(C)(C)C1NCCC1O. The van der Waals surface area contributed by atoms with E-state index in [1.807, 2.05) is 0 Å². The van der Waals surface area contributed by atoms with Crippen LogP contribution in [-0.2, 0) is 0 Å². The van der Waals surface area contributed by atoms with Crippen LogP contribution in [0.25, 0.3) is 0 Å². The molecule has 2 N–H and O–H groups in total. The van der Waals surface area contributed by atoms with Crippen molar-refractivity contribution >= 4 is 0 Å². The molecule has 0 aromatic carbocycles. The number of aliphatic hydroxyl groups excluding tert-OH is 1. The molecule has 0 aromatic heterocycles. The zero-order valence-electron chi connectivity index (χ0n) is 7.72. The van der Waals surface area contributed by atoms with Crippen LogP contribution in [0.5, 0.6) is 0 Å². The minimum Gasteiger partial charge on any atom is -0.391 e. The molecular formula is C9H19NO. The van der Waals surface area contributed by atoms with Crippen LogP contribution < -0.4 is 5.32 Å². The van der Waals surface area contributed by atoms with Crippen LogP contribution in [0, 0.1) is 5.41 Å². The van der Waals surface area contributed by atoms with Crippen LogP contribution in [-0.4, -0.2) is 23.8 Å². The van der Waals surface area contributed by atoms with Crippen molar-refractivity contribution in [1.29, 1.82) is 0 Å². The summed E-state index contributed by atoms with van der Waals surface area (Å²) in [6, 6.07) is 0.299. The second-order valence-corrected chi connectivity index (χ2v) is 4.13. The first-order chi connectivity index (χ1) is 5.08. The lowest BCUT2D eigenvalue weighted by molar-refractivity contribution is 0.0936. The summed E-state index contributed by atoms with van der Waals surface area (Å²) in [4.78, 5) is 0. The summed E-state index contributed by atoms with van der Waals surface area (Å²) < 4.78 is 0. The molecule has 1 aliphatic rings. The highest BCUT2D eigenvalue weighted by atomic mass is 16.3. The van der Waals surface area contributed by atoms with Gasteiger partial charge in [0.05, 0.1) is 6.10 Å². The summed E-state index contributed by atoms with van der Waals surface area (Å²) >= 11 is 0. The van der Waals surface area contributed by atoms with Gasteiger partial charge in [0.1, 0.15) is 0 Å². The Labute approximate surface area is 69.0 Å². The number of rotatable bonds is 2. The molecule has 2 heteroatoms. The number of hydrogen-bond acceptors (Lipinski definition) is 2. The van der Waals surface area contributed by atoms with E-state index in [-0.39, 0.29) is 11.5 Å². The minimum absolute atomic E-state index is 0.134. The summed E-state index contributed by atoms with van der Waals surface area (Å²) in [7, 11) is 0. The maximum absolute atomic E-state index is 9.59. The van der Waals surface area contributed by atoms with E-state index >= 15 is 0 Å². The normalized spacial score (nSPS) is 32.7. The number of aliphatic hydroxyl groups is 1. The van der Waals surface area contributed by atoms with Crippen LogP contribution in [0.3, 0.4) is 0 Å². The predicted octanol–water partition coefficient (Wildman–Crippen LogP) is 1.15. The average Bonchev–Trinajstić information content (AvgIpc) is 2.36. The maximum Gasteiger partial charge on any atom is 0.0710 e. The van der Waals surface area contributed by atoms with Gasteiger partial charge in [0.2, 0.25) is 0 Å². The molecule has 1 heterocycles. The molecule has 0 aliphatic carbocycles. The quantitative estimate of drug-likeness (QED) is 0.630. The Kier molecular flexibility index (Phi) is 2.55. The van der Waals surface area contributed by atoms with E-state index in [1.54, 1.807) is 0 Å². The van der Waals surface area contributed by atoms with Crippen molar-refractivity contribution in [2.24, 2.45) is 5.41 Å². The molecule has 1 aliphatic heterocycles. The summed E-state index contributed by atoms with van der Waals surface area (Å²) in [6.07, 6.45) is 1.89. The number of hydrogen-bond donors (Lipinski definition) is 2. The first kappa shape index (κ1) is 9.01. The van der Waals surface area contributed by atoms with Crippen molar-refractivity contribution in [3.63, 3.8) is 0 Å². The van der Waals surface area contributed by atoms with Gasteiger partial charge in [-0.15, -0.1) is 0 Å². The fraction of sp³-hybridized carbons (Fsp3) is 1.00. The maximum atomic E-state index is 9.59. The van der Waals surface area contributed by atoms with Crippen molar-refractivity contribution in [2.75, 3.05) is 6.54 Å². The third-order valence-electron chi connectivity index (χ3n) is 2.94. The highest BCUT2D eigenvalue weighted by Crippen LogP contribution is 2.30. The molecule has 0 spiro atoms. The smallest absolute Gasteiger partial charge is 0.0710 e. The molecule has 1 fully saturated rings. The van der Waals surface area contributed by atoms with Gasteiger partial charge in [-0.3, -0.25) is 0 Å². The van der Waals surface area contributed by atoms with Gasteiger partial charge in [-0.05, 0) is 24.8 Å². The molecule has 66 valence electrons. The summed E-state index contributed by atoms with van der Waals surface area (Å²) in [5, 5.41) is 12.9. The molecule has 2 atom stereocenters. The highest BCUT2D eigenvalue weighted by molar-refractivity contribution is 4.93. The van der Waals surface area contributed by atoms with Gasteiger partial charge in [-0.1, -0.05) is 20.8 Å². The Hall–Kier alpha value is -0.0800. The second-order valence-electron chi connectivity index (χ2n) is 4.13. The monoisotopic (exact) mass is 157 g/mol. The van der Waals surface area contributed by atoms with Crippen LogP contribution in [0.2, 0.25) is 0 Å². The third-order valence-corrected chi connectivity index (χ3v) is 2.94. The largest absolute Gasteiger partial charge is 0.391 e. The van der Waals surface area contributed by atoms with Crippen molar-refractivity contribution in [3.05, 3.63) is 0 Å². The lowest BCUT2D eigenvalue weighted by atomic mass is 9.80. The Bertz CT molecular complexity index is 134. The van der Waals surface area contributed by atoms with Gasteiger partial charge in [-0.25, -0.2) is 0 Å². The molecule has 2 nitrogen and oxygen atoms in total. The molecule has 1 saturated heterocycles. The van der Waals surface area contributed by atoms with E-state index in [2.05, 4.69) is 26.1 Å². The molecule has 11 heavy (non-hydrogen) atoms. The molecule has 2 unspecified atom stereocenters. The molecule has 1 rings (SSSR count). The summed E-state index contributed by atoms with van der Waals surface area (Å²) in [5.41, 5.74) is 0.232. The first-order valence-corrected chi connectivity index (χ1v) is 4.49. The van der Waals surface area contributed by atoms with Crippen LogP contribution in [0.15, 0.2) is 0 Å². The molecule has 0 bridgehead atoms. The summed E-state index contributed by atoms with van der Waals surface area (Å²) in [5.74, 6) is 0. The highest BCUT2D eigenvalue weighted by Gasteiger charge is 2.36. The second kappa shape index (κ2) is 3.11. The van der Waals surface area contributed by atoms with E-state index in [4.69, 9.17) is 0 Å². The Morgan fingerprint density at radius 1 is 1.55 bits per heavy atom. The summed E-state index contributed by atoms with van der Waals surface area (Å²) in [6.45, 7) is 7.56. The van der Waals surface area contributed by atoms with E-state index < -0.39 is 0 Å². The molecule has 0 radical (unpaired) electrons. The Morgan fingerprint density at radius 3 is 2.55 bits per heavy atom. The molecule has 0 amide bonds. The van der Waals surface area contributed by atoms with Crippen molar-refractivity contribution in [2.45, 2.75) is 45.8 Å². The van der Waals surface area contributed by atoms with Crippen LogP contribution in [0.1, 0.15) is 33.6 Å². The van der Waals surface area contributed by atoms with Crippen molar-refractivity contribution in [3.8, 4) is 0 Å². The topological polar surface area (TPSA) is 32.3 Å². The van der Waals surface area contributed by atoms with E-state index in [0.29, 0.717) is 6.04 Å². The van der Waals surface area contributed by atoms with Crippen LogP contribution >= 0.6 is 0 Å². The fourth-order valence-corrected chi connectivity index (χ4v) is 1.71.